The smallest absolute Gasteiger partial charge is 0.306 e. The maximum Gasteiger partial charge on any atom is 0.306 e. The molecular formula is C15H23ClO3. The number of aliphatic hydroxyl groups is 1. The van der Waals surface area contributed by atoms with Crippen LogP contribution in [-0.4, -0.2) is 28.7 Å². The first-order valence-corrected chi connectivity index (χ1v) is 7.75. The highest BCUT2D eigenvalue weighted by atomic mass is 35.5. The van der Waals surface area contributed by atoms with E-state index in [-0.39, 0.29) is 29.3 Å². The lowest BCUT2D eigenvalue weighted by Gasteiger charge is -2.27. The molecule has 19 heavy (non-hydrogen) atoms. The summed E-state index contributed by atoms with van der Waals surface area (Å²) >= 11 is 6.26. The number of esters is 1. The Morgan fingerprint density at radius 2 is 2.32 bits per heavy atom. The molecule has 2 fully saturated rings. The summed E-state index contributed by atoms with van der Waals surface area (Å²) in [7, 11) is 0. The van der Waals surface area contributed by atoms with Gasteiger partial charge in [-0.15, -0.1) is 11.6 Å². The molecule has 108 valence electrons. The maximum absolute atomic E-state index is 11.4. The topological polar surface area (TPSA) is 46.5 Å². The second-order valence-electron chi connectivity index (χ2n) is 5.67. The molecule has 2 aliphatic rings. The number of unbranched alkanes of at least 4 members (excludes halogenated alkanes) is 2. The normalized spacial score (nSPS) is 35.6. The molecule has 1 heterocycles. The number of carbonyl (C=O) groups excluding carboxylic acids is 1. The Bertz CT molecular complexity index is 342. The van der Waals surface area contributed by atoms with Crippen molar-refractivity contribution in [2.24, 2.45) is 11.8 Å². The van der Waals surface area contributed by atoms with Gasteiger partial charge in [0.15, 0.2) is 0 Å². The molecule has 0 aromatic rings. The molecule has 5 unspecified atom stereocenters. The Morgan fingerprint density at radius 1 is 1.53 bits per heavy atom. The summed E-state index contributed by atoms with van der Waals surface area (Å²) in [6.07, 6.45) is 8.70. The number of ether oxygens (including phenoxy) is 1. The predicted molar refractivity (Wildman–Crippen MR) is 75.0 cm³/mol. The van der Waals surface area contributed by atoms with Crippen molar-refractivity contribution in [3.63, 3.8) is 0 Å². The number of hydrogen-bond donors (Lipinski definition) is 1. The van der Waals surface area contributed by atoms with Gasteiger partial charge in [-0.25, -0.2) is 0 Å². The lowest BCUT2D eigenvalue weighted by molar-refractivity contribution is -0.155. The van der Waals surface area contributed by atoms with Gasteiger partial charge in [-0.05, 0) is 12.3 Å². The summed E-state index contributed by atoms with van der Waals surface area (Å²) in [5.41, 5.74) is 0. The number of carbonyl (C=O) groups is 1. The van der Waals surface area contributed by atoms with E-state index in [1.807, 2.05) is 12.2 Å². The van der Waals surface area contributed by atoms with E-state index in [4.69, 9.17) is 16.3 Å². The van der Waals surface area contributed by atoms with Crippen LogP contribution in [0.4, 0.5) is 0 Å². The zero-order valence-corrected chi connectivity index (χ0v) is 12.2. The molecule has 1 N–H and O–H groups in total. The Hall–Kier alpha value is -0.540. The van der Waals surface area contributed by atoms with E-state index in [1.165, 1.54) is 0 Å². The van der Waals surface area contributed by atoms with Crippen molar-refractivity contribution in [1.82, 2.24) is 0 Å². The van der Waals surface area contributed by atoms with Gasteiger partial charge in [0.1, 0.15) is 6.10 Å². The molecule has 3 nitrogen and oxygen atoms in total. The number of halogens is 1. The van der Waals surface area contributed by atoms with Crippen LogP contribution in [0.2, 0.25) is 0 Å². The van der Waals surface area contributed by atoms with E-state index in [2.05, 4.69) is 6.92 Å². The van der Waals surface area contributed by atoms with E-state index in [1.54, 1.807) is 0 Å². The molecule has 2 bridgehead atoms. The zero-order valence-electron chi connectivity index (χ0n) is 11.4. The molecular weight excluding hydrogens is 264 g/mol. The molecule has 1 saturated carbocycles. The second-order valence-corrected chi connectivity index (χ2v) is 6.23. The van der Waals surface area contributed by atoms with Crippen molar-refractivity contribution < 1.29 is 14.6 Å². The predicted octanol–water partition coefficient (Wildman–Crippen LogP) is 3.04. The quantitative estimate of drug-likeness (QED) is 0.353. The average Bonchev–Trinajstić information content (AvgIpc) is 2.54. The number of hydrogen-bond acceptors (Lipinski definition) is 3. The Balaban J connectivity index is 1.87. The molecule has 0 radical (unpaired) electrons. The highest BCUT2D eigenvalue weighted by molar-refractivity contribution is 6.21. The van der Waals surface area contributed by atoms with E-state index >= 15 is 0 Å². The van der Waals surface area contributed by atoms with Gasteiger partial charge in [-0.1, -0.05) is 38.3 Å². The molecule has 4 heteroatoms. The summed E-state index contributed by atoms with van der Waals surface area (Å²) in [6, 6.07) is 0. The largest absolute Gasteiger partial charge is 0.462 e. The van der Waals surface area contributed by atoms with Crippen LogP contribution in [0, 0.1) is 11.8 Å². The van der Waals surface area contributed by atoms with Crippen LogP contribution >= 0.6 is 11.6 Å². The van der Waals surface area contributed by atoms with E-state index in [9.17, 15) is 9.90 Å². The third-order valence-electron chi connectivity index (χ3n) is 4.19. The highest BCUT2D eigenvalue weighted by Crippen LogP contribution is 2.44. The van der Waals surface area contributed by atoms with Crippen LogP contribution in [-0.2, 0) is 9.53 Å². The summed E-state index contributed by atoms with van der Waals surface area (Å²) in [5.74, 6) is 0.222. The van der Waals surface area contributed by atoms with Crippen LogP contribution < -0.4 is 0 Å². The third-order valence-corrected chi connectivity index (χ3v) is 4.69. The van der Waals surface area contributed by atoms with Gasteiger partial charge in [0.05, 0.1) is 12.5 Å². The van der Waals surface area contributed by atoms with Gasteiger partial charge >= 0.3 is 5.97 Å². The second kappa shape index (κ2) is 6.76. The fraction of sp³-hybridized carbons (Fsp3) is 0.800. The minimum absolute atomic E-state index is 0.0170. The Kier molecular flexibility index (Phi) is 5.28. The first kappa shape index (κ1) is 14.9. The molecule has 0 aromatic heterocycles. The van der Waals surface area contributed by atoms with Crippen molar-refractivity contribution in [3.8, 4) is 0 Å². The van der Waals surface area contributed by atoms with Gasteiger partial charge in [-0.3, -0.25) is 4.79 Å². The summed E-state index contributed by atoms with van der Waals surface area (Å²) in [6.45, 7) is 2.15. The molecule has 0 aromatic carbocycles. The number of aliphatic hydroxyl groups excluding tert-OH is 1. The molecule has 2 rings (SSSR count). The van der Waals surface area contributed by atoms with Crippen LogP contribution in [0.15, 0.2) is 12.2 Å². The first-order valence-electron chi connectivity index (χ1n) is 7.31. The Morgan fingerprint density at radius 3 is 3.00 bits per heavy atom. The fourth-order valence-electron chi connectivity index (χ4n) is 3.09. The number of fused-ring (bicyclic) bond motifs is 2. The summed E-state index contributed by atoms with van der Waals surface area (Å²) in [5, 5.41) is 9.91. The molecule has 0 spiro atoms. The number of rotatable bonds is 6. The standard InChI is InChI=1S/C15H23ClO3/c1-2-3-4-5-10(17)6-7-11-12-8-15(18)19-14(11)9-13(12)16/h6-7,10-14,17H,2-5,8-9H2,1H3. The van der Waals surface area contributed by atoms with Gasteiger partial charge in [0.2, 0.25) is 0 Å². The lowest BCUT2D eigenvalue weighted by atomic mass is 9.89. The van der Waals surface area contributed by atoms with Crippen LogP contribution in [0.25, 0.3) is 0 Å². The van der Waals surface area contributed by atoms with E-state index in [0.717, 1.165) is 32.1 Å². The fourth-order valence-corrected chi connectivity index (χ4v) is 3.53. The molecule has 0 amide bonds. The first-order chi connectivity index (χ1) is 9.11. The monoisotopic (exact) mass is 286 g/mol. The van der Waals surface area contributed by atoms with Crippen molar-refractivity contribution in [2.45, 2.75) is 63.0 Å². The summed E-state index contributed by atoms with van der Waals surface area (Å²) in [4.78, 5) is 11.4. The molecule has 1 saturated heterocycles. The van der Waals surface area contributed by atoms with Crippen molar-refractivity contribution in [3.05, 3.63) is 12.2 Å². The van der Waals surface area contributed by atoms with Crippen molar-refractivity contribution in [1.29, 1.82) is 0 Å². The molecule has 5 atom stereocenters. The minimum Gasteiger partial charge on any atom is -0.462 e. The molecule has 1 aliphatic carbocycles. The maximum atomic E-state index is 11.4. The SMILES string of the molecule is CCCCCC(O)C=CC1C2CC(Cl)C1CC(=O)O2. The van der Waals surface area contributed by atoms with Crippen LogP contribution in [0.5, 0.6) is 0 Å². The lowest BCUT2D eigenvalue weighted by Crippen LogP contribution is -2.32. The van der Waals surface area contributed by atoms with Gasteiger partial charge < -0.3 is 9.84 Å². The van der Waals surface area contributed by atoms with Gasteiger partial charge in [0.25, 0.3) is 0 Å². The van der Waals surface area contributed by atoms with Gasteiger partial charge in [-0.2, -0.15) is 0 Å². The van der Waals surface area contributed by atoms with E-state index < -0.39 is 6.10 Å². The Labute approximate surface area is 120 Å². The van der Waals surface area contributed by atoms with Crippen LogP contribution in [0.1, 0.15) is 45.4 Å². The van der Waals surface area contributed by atoms with E-state index in [0.29, 0.717) is 6.42 Å². The van der Waals surface area contributed by atoms with Crippen molar-refractivity contribution in [2.75, 3.05) is 0 Å². The third kappa shape index (κ3) is 3.73. The highest BCUT2D eigenvalue weighted by Gasteiger charge is 2.47. The summed E-state index contributed by atoms with van der Waals surface area (Å²) < 4.78 is 5.33. The minimum atomic E-state index is -0.391. The zero-order chi connectivity index (χ0) is 13.8. The average molecular weight is 287 g/mol. The van der Waals surface area contributed by atoms with Gasteiger partial charge in [0, 0.05) is 17.7 Å². The van der Waals surface area contributed by atoms with Crippen LogP contribution in [0.3, 0.4) is 0 Å². The van der Waals surface area contributed by atoms with Crippen molar-refractivity contribution >= 4 is 17.6 Å². The number of alkyl halides is 1. The molecule has 1 aliphatic heterocycles.